The molecule has 0 N–H and O–H groups in total. The smallest absolute Gasteiger partial charge is 0.224 e. The van der Waals surface area contributed by atoms with Crippen LogP contribution >= 0.6 is 11.6 Å². The zero-order valence-electron chi connectivity index (χ0n) is 15.0. The number of aromatic nitrogens is 2. The van der Waals surface area contributed by atoms with E-state index in [9.17, 15) is 8.42 Å². The first kappa shape index (κ1) is 19.0. The molecule has 1 aliphatic rings. The van der Waals surface area contributed by atoms with Crippen LogP contribution in [0.15, 0.2) is 41.3 Å². The Balaban J connectivity index is 1.93. The number of fused-ring (bicyclic) bond motifs is 1. The van der Waals surface area contributed by atoms with Gasteiger partial charge in [-0.2, -0.15) is 4.98 Å². The van der Waals surface area contributed by atoms with E-state index in [0.29, 0.717) is 43.0 Å². The molecule has 146 valence electrons. The van der Waals surface area contributed by atoms with Crippen molar-refractivity contribution in [3.63, 3.8) is 0 Å². The maximum atomic E-state index is 15.1. The van der Waals surface area contributed by atoms with Gasteiger partial charge in [0.2, 0.25) is 5.28 Å². The number of halogens is 2. The monoisotopic (exact) mass is 421 g/mol. The van der Waals surface area contributed by atoms with E-state index in [-0.39, 0.29) is 21.3 Å². The van der Waals surface area contributed by atoms with Gasteiger partial charge in [0.25, 0.3) is 0 Å². The molecule has 2 aromatic carbocycles. The van der Waals surface area contributed by atoms with Crippen molar-refractivity contribution in [2.75, 3.05) is 37.5 Å². The zero-order valence-corrected chi connectivity index (χ0v) is 16.6. The molecule has 1 saturated heterocycles. The Morgan fingerprint density at radius 2 is 1.82 bits per heavy atom. The molecule has 0 saturated carbocycles. The number of ether oxygens (including phenoxy) is 1. The molecule has 1 aliphatic heterocycles. The van der Waals surface area contributed by atoms with Crippen molar-refractivity contribution in [2.45, 2.75) is 4.90 Å². The molecule has 0 spiro atoms. The van der Waals surface area contributed by atoms with Crippen LogP contribution < -0.4 is 4.90 Å². The summed E-state index contributed by atoms with van der Waals surface area (Å²) in [6.07, 6.45) is 1.10. The molecule has 6 nitrogen and oxygen atoms in total. The van der Waals surface area contributed by atoms with Crippen LogP contribution in [-0.2, 0) is 14.6 Å². The average Bonchev–Trinajstić information content (AvgIpc) is 2.67. The highest BCUT2D eigenvalue weighted by molar-refractivity contribution is 7.90. The normalized spacial score (nSPS) is 15.2. The van der Waals surface area contributed by atoms with Crippen molar-refractivity contribution in [3.05, 3.63) is 47.5 Å². The summed E-state index contributed by atoms with van der Waals surface area (Å²) in [4.78, 5) is 10.6. The second-order valence-electron chi connectivity index (χ2n) is 6.53. The molecule has 1 fully saturated rings. The summed E-state index contributed by atoms with van der Waals surface area (Å²) in [5, 5.41) is 0.562. The van der Waals surface area contributed by atoms with Crippen LogP contribution in [0.25, 0.3) is 22.0 Å². The maximum Gasteiger partial charge on any atom is 0.224 e. The maximum absolute atomic E-state index is 15.1. The summed E-state index contributed by atoms with van der Waals surface area (Å²) in [5.74, 6) is -0.0100. The Morgan fingerprint density at radius 1 is 1.11 bits per heavy atom. The van der Waals surface area contributed by atoms with Crippen molar-refractivity contribution in [1.29, 1.82) is 0 Å². The van der Waals surface area contributed by atoms with Gasteiger partial charge >= 0.3 is 0 Å². The van der Waals surface area contributed by atoms with Gasteiger partial charge in [-0.1, -0.05) is 18.2 Å². The third-order valence-electron chi connectivity index (χ3n) is 4.62. The number of rotatable bonds is 3. The molecule has 0 radical (unpaired) electrons. The minimum atomic E-state index is -3.53. The van der Waals surface area contributed by atoms with Crippen LogP contribution in [-0.4, -0.2) is 50.9 Å². The van der Waals surface area contributed by atoms with Crippen LogP contribution in [0.3, 0.4) is 0 Å². The second-order valence-corrected chi connectivity index (χ2v) is 8.86. The summed E-state index contributed by atoms with van der Waals surface area (Å²) in [6.45, 7) is 2.32. The van der Waals surface area contributed by atoms with Crippen molar-refractivity contribution in [2.24, 2.45) is 0 Å². The Kier molecular flexibility index (Phi) is 4.95. The third kappa shape index (κ3) is 3.55. The van der Waals surface area contributed by atoms with Crippen molar-refractivity contribution < 1.29 is 17.5 Å². The fraction of sp³-hybridized carbons (Fsp3) is 0.263. The highest BCUT2D eigenvalue weighted by Crippen LogP contribution is 2.35. The lowest BCUT2D eigenvalue weighted by atomic mass is 10.0. The van der Waals surface area contributed by atoms with Crippen molar-refractivity contribution >= 4 is 38.2 Å². The average molecular weight is 422 g/mol. The number of benzene rings is 2. The van der Waals surface area contributed by atoms with Crippen LogP contribution in [0.5, 0.6) is 0 Å². The lowest BCUT2D eigenvalue weighted by Gasteiger charge is -2.28. The SMILES string of the molecule is CS(=O)(=O)c1ccccc1-c1cc2nc(Cl)nc(N3CCOCC3)c2cc1F. The van der Waals surface area contributed by atoms with E-state index in [1.807, 2.05) is 4.90 Å². The van der Waals surface area contributed by atoms with Crippen molar-refractivity contribution in [3.8, 4) is 11.1 Å². The number of hydrogen-bond acceptors (Lipinski definition) is 6. The Bertz CT molecular complexity index is 1160. The summed E-state index contributed by atoms with van der Waals surface area (Å²) < 4.78 is 44.7. The van der Waals surface area contributed by atoms with Gasteiger partial charge in [-0.05, 0) is 29.8 Å². The van der Waals surface area contributed by atoms with Crippen LogP contribution in [0.1, 0.15) is 0 Å². The molecule has 3 aromatic rings. The van der Waals surface area contributed by atoms with E-state index in [1.54, 1.807) is 18.2 Å². The van der Waals surface area contributed by atoms with E-state index < -0.39 is 15.7 Å². The minimum absolute atomic E-state index is 0.0444. The summed E-state index contributed by atoms with van der Waals surface area (Å²) in [7, 11) is -3.53. The number of nitrogens with zero attached hydrogens (tertiary/aromatic N) is 3. The van der Waals surface area contributed by atoms with Gasteiger partial charge in [0.05, 0.1) is 23.6 Å². The number of morpholine rings is 1. The molecule has 0 unspecified atom stereocenters. The number of sulfone groups is 1. The zero-order chi connectivity index (χ0) is 19.9. The molecule has 0 amide bonds. The van der Waals surface area contributed by atoms with Gasteiger partial charge in [0, 0.05) is 35.9 Å². The molecule has 4 rings (SSSR count). The Labute approximate surface area is 166 Å². The summed E-state index contributed by atoms with van der Waals surface area (Å²) in [5.41, 5.74) is 0.879. The molecule has 0 bridgehead atoms. The second kappa shape index (κ2) is 7.27. The standard InChI is InChI=1S/C19H17ClFN3O3S/c1-28(25,26)17-5-3-2-4-12(17)13-11-16-14(10-15(13)21)18(23-19(20)22-16)24-6-8-27-9-7-24/h2-5,10-11H,6-9H2,1H3. The number of anilines is 1. The quantitative estimate of drug-likeness (QED) is 0.604. The van der Waals surface area contributed by atoms with Gasteiger partial charge in [0.1, 0.15) is 11.6 Å². The molecule has 1 aromatic heterocycles. The number of hydrogen-bond donors (Lipinski definition) is 0. The van der Waals surface area contributed by atoms with Crippen LogP contribution in [0.2, 0.25) is 5.28 Å². The fourth-order valence-electron chi connectivity index (χ4n) is 3.34. The summed E-state index contributed by atoms with van der Waals surface area (Å²) >= 11 is 6.12. The highest BCUT2D eigenvalue weighted by atomic mass is 35.5. The van der Waals surface area contributed by atoms with Gasteiger partial charge in [0.15, 0.2) is 9.84 Å². The van der Waals surface area contributed by atoms with E-state index in [2.05, 4.69) is 9.97 Å². The highest BCUT2D eigenvalue weighted by Gasteiger charge is 2.21. The molecule has 0 aliphatic carbocycles. The predicted octanol–water partition coefficient (Wildman–Crippen LogP) is 3.33. The van der Waals surface area contributed by atoms with Crippen molar-refractivity contribution in [1.82, 2.24) is 9.97 Å². The molecular formula is C19H17ClFN3O3S. The molecule has 2 heterocycles. The predicted molar refractivity (Wildman–Crippen MR) is 106 cm³/mol. The minimum Gasteiger partial charge on any atom is -0.378 e. The third-order valence-corrected chi connectivity index (χ3v) is 5.95. The van der Waals surface area contributed by atoms with Gasteiger partial charge in [-0.25, -0.2) is 17.8 Å². The lowest BCUT2D eigenvalue weighted by molar-refractivity contribution is 0.122. The van der Waals surface area contributed by atoms with Crippen LogP contribution in [0, 0.1) is 5.82 Å². The van der Waals surface area contributed by atoms with Gasteiger partial charge in [-0.15, -0.1) is 0 Å². The Morgan fingerprint density at radius 3 is 2.54 bits per heavy atom. The topological polar surface area (TPSA) is 72.4 Å². The lowest BCUT2D eigenvalue weighted by Crippen LogP contribution is -2.37. The van der Waals surface area contributed by atoms with E-state index >= 15 is 4.39 Å². The summed E-state index contributed by atoms with van der Waals surface area (Å²) in [6, 6.07) is 9.16. The fourth-order valence-corrected chi connectivity index (χ4v) is 4.41. The van der Waals surface area contributed by atoms with Crippen LogP contribution in [0.4, 0.5) is 10.2 Å². The Hall–Kier alpha value is -2.29. The molecule has 28 heavy (non-hydrogen) atoms. The largest absolute Gasteiger partial charge is 0.378 e. The molecule has 9 heteroatoms. The van der Waals surface area contributed by atoms with E-state index in [0.717, 1.165) is 6.26 Å². The molecule has 0 atom stereocenters. The molecular weight excluding hydrogens is 405 g/mol. The first-order chi connectivity index (χ1) is 13.3. The van der Waals surface area contributed by atoms with E-state index in [1.165, 1.54) is 18.2 Å². The van der Waals surface area contributed by atoms with Gasteiger partial charge < -0.3 is 9.64 Å². The first-order valence-corrected chi connectivity index (χ1v) is 10.9. The van der Waals surface area contributed by atoms with E-state index in [4.69, 9.17) is 16.3 Å². The van der Waals surface area contributed by atoms with Gasteiger partial charge in [-0.3, -0.25) is 0 Å². The first-order valence-electron chi connectivity index (χ1n) is 8.63.